The second-order valence-corrected chi connectivity index (χ2v) is 4.12. The smallest absolute Gasteiger partial charge is 0.305 e. The van der Waals surface area contributed by atoms with E-state index in [0.717, 1.165) is 12.8 Å². The third kappa shape index (κ3) is 3.66. The molecule has 0 heterocycles. The molecule has 1 atom stereocenters. The molecule has 1 rings (SSSR count). The molecule has 3 heteroatoms. The van der Waals surface area contributed by atoms with Crippen LogP contribution >= 0.6 is 0 Å². The van der Waals surface area contributed by atoms with Gasteiger partial charge in [0.1, 0.15) is 0 Å². The Morgan fingerprint density at radius 3 is 2.36 bits per heavy atom. The van der Waals surface area contributed by atoms with Gasteiger partial charge in [-0.1, -0.05) is 25.7 Å². The van der Waals surface area contributed by atoms with Gasteiger partial charge in [0.2, 0.25) is 0 Å². The second-order valence-electron chi connectivity index (χ2n) is 4.12. The summed E-state index contributed by atoms with van der Waals surface area (Å²) in [5.74, 6) is -0.292. The van der Waals surface area contributed by atoms with Crippen molar-refractivity contribution in [2.75, 3.05) is 7.11 Å². The van der Waals surface area contributed by atoms with E-state index in [4.69, 9.17) is 9.84 Å². The highest BCUT2D eigenvalue weighted by atomic mass is 16.5. The van der Waals surface area contributed by atoms with Gasteiger partial charge in [0.25, 0.3) is 0 Å². The SMILES string of the molecule is COC(CC(=O)O)C1CCCCCC1. The van der Waals surface area contributed by atoms with Crippen LogP contribution in [0.3, 0.4) is 0 Å². The van der Waals surface area contributed by atoms with Crippen LogP contribution in [0.5, 0.6) is 0 Å². The molecule has 0 radical (unpaired) electrons. The number of carbonyl (C=O) groups is 1. The van der Waals surface area contributed by atoms with E-state index < -0.39 is 5.97 Å². The zero-order valence-electron chi connectivity index (χ0n) is 8.87. The Labute approximate surface area is 85.5 Å². The van der Waals surface area contributed by atoms with E-state index in [9.17, 15) is 4.79 Å². The number of methoxy groups -OCH3 is 1. The molecular formula is C11H20O3. The second kappa shape index (κ2) is 6.02. The molecule has 0 bridgehead atoms. The van der Waals surface area contributed by atoms with Crippen LogP contribution in [0.4, 0.5) is 0 Å². The summed E-state index contributed by atoms with van der Waals surface area (Å²) < 4.78 is 5.28. The first-order valence-electron chi connectivity index (χ1n) is 5.48. The minimum Gasteiger partial charge on any atom is -0.481 e. The lowest BCUT2D eigenvalue weighted by Gasteiger charge is -2.23. The number of hydrogen-bond donors (Lipinski definition) is 1. The van der Waals surface area contributed by atoms with E-state index in [2.05, 4.69) is 0 Å². The summed E-state index contributed by atoms with van der Waals surface area (Å²) in [4.78, 5) is 10.6. The van der Waals surface area contributed by atoms with Crippen LogP contribution in [0.15, 0.2) is 0 Å². The maximum Gasteiger partial charge on any atom is 0.305 e. The third-order valence-electron chi connectivity index (χ3n) is 3.10. The van der Waals surface area contributed by atoms with Gasteiger partial charge in [-0.2, -0.15) is 0 Å². The fourth-order valence-corrected chi connectivity index (χ4v) is 2.30. The van der Waals surface area contributed by atoms with Gasteiger partial charge in [0.05, 0.1) is 12.5 Å². The molecule has 0 aromatic rings. The molecule has 82 valence electrons. The maximum absolute atomic E-state index is 10.6. The Bertz CT molecular complexity index is 171. The van der Waals surface area contributed by atoms with E-state index in [0.29, 0.717) is 5.92 Å². The van der Waals surface area contributed by atoms with Crippen LogP contribution in [0.25, 0.3) is 0 Å². The van der Waals surface area contributed by atoms with Gasteiger partial charge in [-0.05, 0) is 18.8 Å². The first kappa shape index (κ1) is 11.5. The minimum atomic E-state index is -0.749. The van der Waals surface area contributed by atoms with Crippen molar-refractivity contribution in [1.82, 2.24) is 0 Å². The summed E-state index contributed by atoms with van der Waals surface area (Å²) in [7, 11) is 1.62. The average molecular weight is 200 g/mol. The number of rotatable bonds is 4. The Morgan fingerprint density at radius 1 is 1.36 bits per heavy atom. The standard InChI is InChI=1S/C11H20O3/c1-14-10(8-11(12)13)9-6-4-2-3-5-7-9/h9-10H,2-8H2,1H3,(H,12,13). The lowest BCUT2D eigenvalue weighted by molar-refractivity contribution is -0.140. The van der Waals surface area contributed by atoms with Crippen molar-refractivity contribution >= 4 is 5.97 Å². The van der Waals surface area contributed by atoms with Crippen molar-refractivity contribution in [2.45, 2.75) is 51.0 Å². The van der Waals surface area contributed by atoms with E-state index in [-0.39, 0.29) is 12.5 Å². The highest BCUT2D eigenvalue weighted by Gasteiger charge is 2.24. The van der Waals surface area contributed by atoms with E-state index >= 15 is 0 Å². The molecule has 14 heavy (non-hydrogen) atoms. The molecule has 1 saturated carbocycles. The van der Waals surface area contributed by atoms with Gasteiger partial charge >= 0.3 is 5.97 Å². The van der Waals surface area contributed by atoms with Gasteiger partial charge in [0.15, 0.2) is 0 Å². The Hall–Kier alpha value is -0.570. The van der Waals surface area contributed by atoms with Crippen molar-refractivity contribution in [2.24, 2.45) is 5.92 Å². The predicted molar refractivity (Wildman–Crippen MR) is 54.2 cm³/mol. The lowest BCUT2D eigenvalue weighted by atomic mass is 9.92. The number of hydrogen-bond acceptors (Lipinski definition) is 2. The number of carboxylic acids is 1. The molecule has 1 unspecified atom stereocenters. The molecular weight excluding hydrogens is 180 g/mol. The molecule has 0 aromatic carbocycles. The molecule has 0 aromatic heterocycles. The normalized spacial score (nSPS) is 21.5. The predicted octanol–water partition coefficient (Wildman–Crippen LogP) is 2.45. The Kier molecular flexibility index (Phi) is 4.94. The van der Waals surface area contributed by atoms with E-state index in [1.807, 2.05) is 0 Å². The summed E-state index contributed by atoms with van der Waals surface area (Å²) in [5, 5.41) is 8.74. The van der Waals surface area contributed by atoms with Crippen molar-refractivity contribution in [3.63, 3.8) is 0 Å². The first-order chi connectivity index (χ1) is 6.74. The molecule has 1 fully saturated rings. The van der Waals surface area contributed by atoms with Gasteiger partial charge in [-0.25, -0.2) is 0 Å². The van der Waals surface area contributed by atoms with Crippen LogP contribution in [-0.2, 0) is 9.53 Å². The van der Waals surface area contributed by atoms with Crippen LogP contribution in [-0.4, -0.2) is 24.3 Å². The van der Waals surface area contributed by atoms with E-state index in [1.54, 1.807) is 7.11 Å². The molecule has 1 aliphatic carbocycles. The van der Waals surface area contributed by atoms with Crippen molar-refractivity contribution in [3.8, 4) is 0 Å². The highest BCUT2D eigenvalue weighted by Crippen LogP contribution is 2.28. The summed E-state index contributed by atoms with van der Waals surface area (Å²) in [6.07, 6.45) is 7.37. The summed E-state index contributed by atoms with van der Waals surface area (Å²) in [6, 6.07) is 0. The zero-order chi connectivity index (χ0) is 10.4. The highest BCUT2D eigenvalue weighted by molar-refractivity contribution is 5.67. The number of aliphatic carboxylic acids is 1. The molecule has 0 aliphatic heterocycles. The van der Waals surface area contributed by atoms with Crippen LogP contribution < -0.4 is 0 Å². The fourth-order valence-electron chi connectivity index (χ4n) is 2.30. The number of carboxylic acid groups (broad SMARTS) is 1. The summed E-state index contributed by atoms with van der Waals surface area (Å²) in [5.41, 5.74) is 0. The minimum absolute atomic E-state index is 0.0781. The molecule has 1 N–H and O–H groups in total. The van der Waals surface area contributed by atoms with Crippen LogP contribution in [0.1, 0.15) is 44.9 Å². The molecule has 3 nitrogen and oxygen atoms in total. The molecule has 1 aliphatic rings. The molecule has 0 amide bonds. The maximum atomic E-state index is 10.6. The van der Waals surface area contributed by atoms with Gasteiger partial charge in [-0.15, -0.1) is 0 Å². The van der Waals surface area contributed by atoms with Crippen LogP contribution in [0, 0.1) is 5.92 Å². The van der Waals surface area contributed by atoms with Gasteiger partial charge < -0.3 is 9.84 Å². The van der Waals surface area contributed by atoms with E-state index in [1.165, 1.54) is 25.7 Å². The lowest BCUT2D eigenvalue weighted by Crippen LogP contribution is -2.25. The van der Waals surface area contributed by atoms with Gasteiger partial charge in [0, 0.05) is 7.11 Å². The average Bonchev–Trinajstić information content (AvgIpc) is 2.41. The summed E-state index contributed by atoms with van der Waals surface area (Å²) in [6.45, 7) is 0. The zero-order valence-corrected chi connectivity index (χ0v) is 8.87. The summed E-state index contributed by atoms with van der Waals surface area (Å²) >= 11 is 0. The van der Waals surface area contributed by atoms with Crippen molar-refractivity contribution in [1.29, 1.82) is 0 Å². The van der Waals surface area contributed by atoms with Crippen molar-refractivity contribution in [3.05, 3.63) is 0 Å². The largest absolute Gasteiger partial charge is 0.481 e. The Balaban J connectivity index is 2.44. The fraction of sp³-hybridized carbons (Fsp3) is 0.909. The topological polar surface area (TPSA) is 46.5 Å². The monoisotopic (exact) mass is 200 g/mol. The quantitative estimate of drug-likeness (QED) is 0.709. The molecule has 0 spiro atoms. The molecule has 0 saturated heterocycles. The Morgan fingerprint density at radius 2 is 1.93 bits per heavy atom. The first-order valence-corrected chi connectivity index (χ1v) is 5.48. The third-order valence-corrected chi connectivity index (χ3v) is 3.10. The van der Waals surface area contributed by atoms with Gasteiger partial charge in [-0.3, -0.25) is 4.79 Å². The van der Waals surface area contributed by atoms with Crippen LogP contribution in [0.2, 0.25) is 0 Å². The van der Waals surface area contributed by atoms with Crippen molar-refractivity contribution < 1.29 is 14.6 Å². The number of ether oxygens (including phenoxy) is 1.